The fourth-order valence-corrected chi connectivity index (χ4v) is 3.53. The summed E-state index contributed by atoms with van der Waals surface area (Å²) in [6, 6.07) is 0. The van der Waals surface area contributed by atoms with Gasteiger partial charge in [0.1, 0.15) is 12.2 Å². The van der Waals surface area contributed by atoms with E-state index in [1.54, 1.807) is 26.8 Å². The molecule has 2 aliphatic rings. The zero-order valence-electron chi connectivity index (χ0n) is 17.9. The Hall–Kier alpha value is -2.25. The number of rotatable bonds is 7. The molecule has 0 radical (unpaired) electrons. The molecule has 7 nitrogen and oxygen atoms in total. The second-order valence-corrected chi connectivity index (χ2v) is 8.01. The Morgan fingerprint density at radius 3 is 2.45 bits per heavy atom. The van der Waals surface area contributed by atoms with Gasteiger partial charge in [-0.05, 0) is 40.2 Å². The molecule has 0 spiro atoms. The second kappa shape index (κ2) is 8.63. The van der Waals surface area contributed by atoms with Crippen molar-refractivity contribution in [2.45, 2.75) is 78.0 Å². The van der Waals surface area contributed by atoms with Crippen molar-refractivity contribution < 1.29 is 33.7 Å². The van der Waals surface area contributed by atoms with E-state index in [-0.39, 0.29) is 0 Å². The second-order valence-electron chi connectivity index (χ2n) is 8.01. The SMILES string of the molecule is C=C(C(CC=C(C)C)OC(=O)/C(C)=C\C)[C@@H]1[C@@H](O)[C@@H]2O[C@]2(C)C(=O)[C@H]1OC(C)=O. The smallest absolute Gasteiger partial charge is 0.333 e. The summed E-state index contributed by atoms with van der Waals surface area (Å²) in [7, 11) is 0. The predicted molar refractivity (Wildman–Crippen MR) is 106 cm³/mol. The van der Waals surface area contributed by atoms with Crippen molar-refractivity contribution in [3.05, 3.63) is 35.5 Å². The van der Waals surface area contributed by atoms with Crippen molar-refractivity contribution in [1.29, 1.82) is 0 Å². The predicted octanol–water partition coefficient (Wildman–Crippen LogP) is 2.43. The van der Waals surface area contributed by atoms with Crippen LogP contribution < -0.4 is 0 Å². The van der Waals surface area contributed by atoms with Gasteiger partial charge in [-0.2, -0.15) is 0 Å². The van der Waals surface area contributed by atoms with Gasteiger partial charge >= 0.3 is 11.9 Å². The van der Waals surface area contributed by atoms with E-state index in [1.165, 1.54) is 6.92 Å². The number of epoxide rings is 1. The monoisotopic (exact) mass is 406 g/mol. The average Bonchev–Trinajstić information content (AvgIpc) is 3.35. The Balaban J connectivity index is 2.37. The van der Waals surface area contributed by atoms with Crippen LogP contribution >= 0.6 is 0 Å². The number of carbonyl (C=O) groups is 3. The van der Waals surface area contributed by atoms with Crippen molar-refractivity contribution in [2.24, 2.45) is 5.92 Å². The van der Waals surface area contributed by atoms with Crippen LogP contribution in [0.25, 0.3) is 0 Å². The molecule has 1 N–H and O–H groups in total. The van der Waals surface area contributed by atoms with Crippen LogP contribution in [-0.4, -0.2) is 52.8 Å². The van der Waals surface area contributed by atoms with E-state index >= 15 is 0 Å². The molecule has 7 heteroatoms. The molecule has 1 saturated carbocycles. The van der Waals surface area contributed by atoms with E-state index in [2.05, 4.69) is 6.58 Å². The standard InChI is InChI=1S/C22H30O7/c1-8-12(4)21(26)28-15(10-9-11(2)3)13(5)16-17(24)20-22(7,29-20)19(25)18(16)27-14(6)23/h8-9,15-18,20,24H,5,10H2,1-4,6-7H3/b12-8-/t15?,16-,17-,18+,20+,22-/m1/s1. The molecule has 0 aromatic rings. The first-order chi connectivity index (χ1) is 13.4. The van der Waals surface area contributed by atoms with Gasteiger partial charge in [0.2, 0.25) is 5.78 Å². The Bertz CT molecular complexity index is 774. The van der Waals surface area contributed by atoms with Crippen molar-refractivity contribution in [3.63, 3.8) is 0 Å². The molecule has 2 fully saturated rings. The van der Waals surface area contributed by atoms with Crippen LogP contribution in [0, 0.1) is 5.92 Å². The van der Waals surface area contributed by atoms with Gasteiger partial charge in [0, 0.05) is 18.9 Å². The number of Topliss-reactive ketones (excluding diaryl/α,β-unsaturated/α-hetero) is 1. The van der Waals surface area contributed by atoms with Crippen LogP contribution in [0.5, 0.6) is 0 Å². The minimum Gasteiger partial charge on any atom is -0.454 e. The van der Waals surface area contributed by atoms with Gasteiger partial charge in [-0.25, -0.2) is 4.79 Å². The number of esters is 2. The minimum absolute atomic E-state index is 0.310. The molecule has 1 saturated heterocycles. The van der Waals surface area contributed by atoms with Gasteiger partial charge in [-0.1, -0.05) is 24.3 Å². The molecule has 0 aromatic heterocycles. The highest BCUT2D eigenvalue weighted by molar-refractivity contribution is 5.97. The first-order valence-electron chi connectivity index (χ1n) is 9.67. The average molecular weight is 406 g/mol. The molecule has 0 aromatic carbocycles. The molecular weight excluding hydrogens is 376 g/mol. The first-order valence-corrected chi connectivity index (χ1v) is 9.67. The van der Waals surface area contributed by atoms with Gasteiger partial charge in [-0.3, -0.25) is 9.59 Å². The lowest BCUT2D eigenvalue weighted by molar-refractivity contribution is -0.162. The number of fused-ring (bicyclic) bond motifs is 1. The van der Waals surface area contributed by atoms with Crippen LogP contribution in [-0.2, 0) is 28.6 Å². The molecule has 1 unspecified atom stereocenters. The molecule has 0 amide bonds. The zero-order chi connectivity index (χ0) is 22.1. The fourth-order valence-electron chi connectivity index (χ4n) is 3.53. The summed E-state index contributed by atoms with van der Waals surface area (Å²) in [5.41, 5.74) is 0.569. The molecule has 29 heavy (non-hydrogen) atoms. The van der Waals surface area contributed by atoms with E-state index < -0.39 is 53.7 Å². The summed E-state index contributed by atoms with van der Waals surface area (Å²) in [6.07, 6.45) is -0.0605. The van der Waals surface area contributed by atoms with E-state index in [1.807, 2.05) is 19.9 Å². The Morgan fingerprint density at radius 1 is 1.31 bits per heavy atom. The van der Waals surface area contributed by atoms with Gasteiger partial charge in [0.15, 0.2) is 11.7 Å². The highest BCUT2D eigenvalue weighted by Gasteiger charge is 2.70. The number of carbonyl (C=O) groups excluding carboxylic acids is 3. The molecule has 2 rings (SSSR count). The van der Waals surface area contributed by atoms with Gasteiger partial charge in [0.05, 0.1) is 12.0 Å². The van der Waals surface area contributed by atoms with Crippen molar-refractivity contribution in [1.82, 2.24) is 0 Å². The quantitative estimate of drug-likeness (QED) is 0.300. The van der Waals surface area contributed by atoms with E-state index in [0.29, 0.717) is 17.6 Å². The van der Waals surface area contributed by atoms with E-state index in [4.69, 9.17) is 14.2 Å². The maximum atomic E-state index is 12.9. The number of ketones is 1. The lowest BCUT2D eigenvalue weighted by Gasteiger charge is -2.37. The molecule has 6 atom stereocenters. The number of aliphatic hydroxyl groups excluding tert-OH is 1. The Kier molecular flexibility index (Phi) is 6.86. The third-order valence-corrected chi connectivity index (χ3v) is 5.49. The molecule has 160 valence electrons. The summed E-state index contributed by atoms with van der Waals surface area (Å²) >= 11 is 0. The first kappa shape index (κ1) is 23.0. The lowest BCUT2D eigenvalue weighted by atomic mass is 9.72. The number of hydrogen-bond donors (Lipinski definition) is 1. The Morgan fingerprint density at radius 2 is 1.93 bits per heavy atom. The summed E-state index contributed by atoms with van der Waals surface area (Å²) < 4.78 is 16.3. The third-order valence-electron chi connectivity index (χ3n) is 5.49. The van der Waals surface area contributed by atoms with Crippen molar-refractivity contribution in [3.8, 4) is 0 Å². The van der Waals surface area contributed by atoms with Crippen LogP contribution in [0.1, 0.15) is 48.0 Å². The highest BCUT2D eigenvalue weighted by atomic mass is 16.6. The zero-order valence-corrected chi connectivity index (χ0v) is 17.9. The molecular formula is C22H30O7. The third kappa shape index (κ3) is 4.67. The topological polar surface area (TPSA) is 102 Å². The maximum absolute atomic E-state index is 12.9. The van der Waals surface area contributed by atoms with Crippen molar-refractivity contribution in [2.75, 3.05) is 0 Å². The van der Waals surface area contributed by atoms with Crippen LogP contribution in [0.15, 0.2) is 35.5 Å². The van der Waals surface area contributed by atoms with Crippen LogP contribution in [0.4, 0.5) is 0 Å². The van der Waals surface area contributed by atoms with E-state index in [9.17, 15) is 19.5 Å². The minimum atomic E-state index is -1.26. The summed E-state index contributed by atoms with van der Waals surface area (Å²) in [5, 5.41) is 10.8. The maximum Gasteiger partial charge on any atom is 0.333 e. The highest BCUT2D eigenvalue weighted by Crippen LogP contribution is 2.50. The van der Waals surface area contributed by atoms with Gasteiger partial charge < -0.3 is 19.3 Å². The Labute approximate surface area is 171 Å². The molecule has 1 aliphatic carbocycles. The largest absolute Gasteiger partial charge is 0.454 e. The number of aliphatic hydroxyl groups is 1. The number of hydrogen-bond acceptors (Lipinski definition) is 7. The summed E-state index contributed by atoms with van der Waals surface area (Å²) in [5.74, 6) is -2.54. The van der Waals surface area contributed by atoms with Gasteiger partial charge in [0.25, 0.3) is 0 Å². The normalized spacial score (nSPS) is 32.0. The number of allylic oxidation sites excluding steroid dienone is 2. The van der Waals surface area contributed by atoms with E-state index in [0.717, 1.165) is 5.57 Å². The molecule has 1 heterocycles. The van der Waals surface area contributed by atoms with Crippen LogP contribution in [0.2, 0.25) is 0 Å². The lowest BCUT2D eigenvalue weighted by Crippen LogP contribution is -2.55. The summed E-state index contributed by atoms with van der Waals surface area (Å²) in [4.78, 5) is 36.8. The molecule has 1 aliphatic heterocycles. The van der Waals surface area contributed by atoms with Crippen LogP contribution in [0.3, 0.4) is 0 Å². The fraction of sp³-hybridized carbons (Fsp3) is 0.591. The summed E-state index contributed by atoms with van der Waals surface area (Å²) in [6.45, 7) is 14.0. The van der Waals surface area contributed by atoms with Crippen molar-refractivity contribution >= 4 is 17.7 Å². The van der Waals surface area contributed by atoms with Gasteiger partial charge in [-0.15, -0.1) is 0 Å². The number of ether oxygens (including phenoxy) is 3. The molecule has 0 bridgehead atoms.